The second-order valence-corrected chi connectivity index (χ2v) is 6.68. The fraction of sp³-hybridized carbons (Fsp3) is 0.417. The van der Waals surface area contributed by atoms with Crippen molar-refractivity contribution in [1.82, 2.24) is 4.72 Å². The van der Waals surface area contributed by atoms with Crippen LogP contribution in [0, 0.1) is 12.3 Å². The molecule has 0 radical (unpaired) electrons. The summed E-state index contributed by atoms with van der Waals surface area (Å²) >= 11 is 0. The zero-order valence-electron chi connectivity index (χ0n) is 10.4. The number of benzene rings is 1. The average Bonchev–Trinajstić information content (AvgIpc) is 2.15. The second kappa shape index (κ2) is 4.49. The Labute approximate surface area is 102 Å². The van der Waals surface area contributed by atoms with Gasteiger partial charge in [0.05, 0.1) is 4.90 Å². The summed E-state index contributed by atoms with van der Waals surface area (Å²) in [6, 6.07) is 6.43. The lowest BCUT2D eigenvalue weighted by Gasteiger charge is -2.17. The summed E-state index contributed by atoms with van der Waals surface area (Å²) in [5, 5.41) is 0. The van der Waals surface area contributed by atoms with Crippen LogP contribution in [0.25, 0.3) is 0 Å². The SMILES string of the molecule is Cc1cccc(S(=O)(=O)NC(=O)C(C)(C)C)c1. The predicted octanol–water partition coefficient (Wildman–Crippen LogP) is 1.85. The maximum absolute atomic E-state index is 11.9. The zero-order valence-corrected chi connectivity index (χ0v) is 11.3. The normalized spacial score (nSPS) is 12.2. The third kappa shape index (κ3) is 3.56. The van der Waals surface area contributed by atoms with Crippen molar-refractivity contribution >= 4 is 15.9 Å². The number of amides is 1. The summed E-state index contributed by atoms with van der Waals surface area (Å²) in [4.78, 5) is 11.8. The number of carbonyl (C=O) groups is 1. The molecule has 1 aromatic rings. The molecule has 0 heterocycles. The van der Waals surface area contributed by atoms with Crippen molar-refractivity contribution < 1.29 is 13.2 Å². The van der Waals surface area contributed by atoms with Gasteiger partial charge in [-0.05, 0) is 24.6 Å². The van der Waals surface area contributed by atoms with Gasteiger partial charge in [-0.2, -0.15) is 0 Å². The molecular weight excluding hydrogens is 238 g/mol. The molecule has 0 fully saturated rings. The van der Waals surface area contributed by atoms with E-state index in [1.54, 1.807) is 39.8 Å². The molecule has 0 saturated carbocycles. The maximum atomic E-state index is 11.9. The van der Waals surface area contributed by atoms with E-state index >= 15 is 0 Å². The monoisotopic (exact) mass is 255 g/mol. The van der Waals surface area contributed by atoms with Gasteiger partial charge in [0, 0.05) is 5.41 Å². The Morgan fingerprint density at radius 3 is 2.29 bits per heavy atom. The van der Waals surface area contributed by atoms with Crippen molar-refractivity contribution in [3.05, 3.63) is 29.8 Å². The summed E-state index contributed by atoms with van der Waals surface area (Å²) < 4.78 is 25.9. The molecule has 4 nitrogen and oxygen atoms in total. The lowest BCUT2D eigenvalue weighted by Crippen LogP contribution is -2.38. The Hall–Kier alpha value is -1.36. The van der Waals surface area contributed by atoms with Crippen LogP contribution < -0.4 is 4.72 Å². The van der Waals surface area contributed by atoms with Gasteiger partial charge in [-0.1, -0.05) is 32.9 Å². The Bertz CT molecular complexity index is 527. The molecule has 0 aliphatic rings. The molecule has 1 amide bonds. The van der Waals surface area contributed by atoms with E-state index in [1.807, 2.05) is 0 Å². The smallest absolute Gasteiger partial charge is 0.264 e. The van der Waals surface area contributed by atoms with Crippen LogP contribution >= 0.6 is 0 Å². The van der Waals surface area contributed by atoms with E-state index in [0.717, 1.165) is 5.56 Å². The Morgan fingerprint density at radius 2 is 1.82 bits per heavy atom. The van der Waals surface area contributed by atoms with Gasteiger partial charge in [0.1, 0.15) is 0 Å². The van der Waals surface area contributed by atoms with Crippen LogP contribution in [-0.4, -0.2) is 14.3 Å². The highest BCUT2D eigenvalue weighted by Gasteiger charge is 2.26. The van der Waals surface area contributed by atoms with E-state index in [0.29, 0.717) is 0 Å². The lowest BCUT2D eigenvalue weighted by molar-refractivity contribution is -0.126. The predicted molar refractivity (Wildman–Crippen MR) is 66.0 cm³/mol. The minimum atomic E-state index is -3.76. The molecule has 17 heavy (non-hydrogen) atoms. The standard InChI is InChI=1S/C12H17NO3S/c1-9-6-5-7-10(8-9)17(15,16)13-11(14)12(2,3)4/h5-8H,1-4H3,(H,13,14). The van der Waals surface area contributed by atoms with E-state index in [1.165, 1.54) is 12.1 Å². The molecule has 5 heteroatoms. The zero-order chi connectivity index (χ0) is 13.3. The first-order valence-corrected chi connectivity index (χ1v) is 6.75. The topological polar surface area (TPSA) is 63.2 Å². The molecule has 1 N–H and O–H groups in total. The summed E-state index contributed by atoms with van der Waals surface area (Å²) in [5.74, 6) is -0.515. The largest absolute Gasteiger partial charge is 0.273 e. The number of nitrogens with one attached hydrogen (secondary N) is 1. The highest BCUT2D eigenvalue weighted by molar-refractivity contribution is 7.90. The highest BCUT2D eigenvalue weighted by Crippen LogP contribution is 2.16. The van der Waals surface area contributed by atoms with Crippen LogP contribution in [-0.2, 0) is 14.8 Å². The Morgan fingerprint density at radius 1 is 1.24 bits per heavy atom. The molecule has 0 unspecified atom stereocenters. The van der Waals surface area contributed by atoms with E-state index in [2.05, 4.69) is 4.72 Å². The molecule has 1 rings (SSSR count). The quantitative estimate of drug-likeness (QED) is 0.877. The van der Waals surface area contributed by atoms with Gasteiger partial charge in [-0.15, -0.1) is 0 Å². The first-order chi connectivity index (χ1) is 7.63. The Kier molecular flexibility index (Phi) is 3.62. The van der Waals surface area contributed by atoms with Crippen molar-refractivity contribution in [1.29, 1.82) is 0 Å². The molecular formula is C12H17NO3S. The van der Waals surface area contributed by atoms with E-state index in [-0.39, 0.29) is 4.90 Å². The lowest BCUT2D eigenvalue weighted by atomic mass is 9.96. The summed E-state index contributed by atoms with van der Waals surface area (Å²) in [6.45, 7) is 6.78. The molecule has 94 valence electrons. The molecule has 0 saturated heterocycles. The molecule has 0 atom stereocenters. The van der Waals surface area contributed by atoms with Crippen LogP contribution in [0.4, 0.5) is 0 Å². The maximum Gasteiger partial charge on any atom is 0.264 e. The van der Waals surface area contributed by atoms with E-state index in [4.69, 9.17) is 0 Å². The van der Waals surface area contributed by atoms with Crippen molar-refractivity contribution in [3.8, 4) is 0 Å². The highest BCUT2D eigenvalue weighted by atomic mass is 32.2. The molecule has 0 spiro atoms. The van der Waals surface area contributed by atoms with Gasteiger partial charge in [0.2, 0.25) is 5.91 Å². The van der Waals surface area contributed by atoms with Crippen molar-refractivity contribution in [2.45, 2.75) is 32.6 Å². The van der Waals surface area contributed by atoms with Gasteiger partial charge >= 0.3 is 0 Å². The van der Waals surface area contributed by atoms with Gasteiger partial charge in [0.15, 0.2) is 0 Å². The minimum absolute atomic E-state index is 0.107. The average molecular weight is 255 g/mol. The van der Waals surface area contributed by atoms with E-state index < -0.39 is 21.3 Å². The Balaban J connectivity index is 3.02. The minimum Gasteiger partial charge on any atom is -0.273 e. The number of sulfonamides is 1. The molecule has 0 aliphatic carbocycles. The van der Waals surface area contributed by atoms with Gasteiger partial charge in [-0.3, -0.25) is 4.79 Å². The second-order valence-electron chi connectivity index (χ2n) is 5.00. The van der Waals surface area contributed by atoms with Crippen LogP contribution in [0.2, 0.25) is 0 Å². The van der Waals surface area contributed by atoms with Crippen molar-refractivity contribution in [2.24, 2.45) is 5.41 Å². The van der Waals surface area contributed by atoms with Crippen LogP contribution in [0.15, 0.2) is 29.2 Å². The third-order valence-corrected chi connectivity index (χ3v) is 3.54. The van der Waals surface area contributed by atoms with Crippen LogP contribution in [0.1, 0.15) is 26.3 Å². The van der Waals surface area contributed by atoms with Gasteiger partial charge in [0.25, 0.3) is 10.0 Å². The molecule has 1 aromatic carbocycles. The van der Waals surface area contributed by atoms with E-state index in [9.17, 15) is 13.2 Å². The summed E-state index contributed by atoms with van der Waals surface area (Å²) in [6.07, 6.45) is 0. The first-order valence-electron chi connectivity index (χ1n) is 5.27. The number of rotatable bonds is 2. The number of carbonyl (C=O) groups excluding carboxylic acids is 1. The van der Waals surface area contributed by atoms with Gasteiger partial charge < -0.3 is 0 Å². The fourth-order valence-corrected chi connectivity index (χ4v) is 2.38. The molecule has 0 bridgehead atoms. The molecule has 0 aromatic heterocycles. The van der Waals surface area contributed by atoms with Crippen LogP contribution in [0.5, 0.6) is 0 Å². The fourth-order valence-electron chi connectivity index (χ4n) is 1.12. The van der Waals surface area contributed by atoms with Crippen molar-refractivity contribution in [2.75, 3.05) is 0 Å². The van der Waals surface area contributed by atoms with Gasteiger partial charge in [-0.25, -0.2) is 13.1 Å². The number of hydrogen-bond acceptors (Lipinski definition) is 3. The summed E-state index contributed by atoms with van der Waals surface area (Å²) in [5.41, 5.74) is 0.0905. The summed E-state index contributed by atoms with van der Waals surface area (Å²) in [7, 11) is -3.76. The van der Waals surface area contributed by atoms with Crippen molar-refractivity contribution in [3.63, 3.8) is 0 Å². The molecule has 0 aliphatic heterocycles. The van der Waals surface area contributed by atoms with Crippen LogP contribution in [0.3, 0.4) is 0 Å². The third-order valence-electron chi connectivity index (χ3n) is 2.21. The number of aryl methyl sites for hydroxylation is 1. The first kappa shape index (κ1) is 13.7. The number of hydrogen-bond donors (Lipinski definition) is 1.